The number of ether oxygens (including phenoxy) is 3. The van der Waals surface area contributed by atoms with E-state index in [4.69, 9.17) is 19.2 Å². The molecule has 5 rings (SSSR count). The number of hydrogen-bond donors (Lipinski definition) is 0. The number of aromatic nitrogens is 1. The highest BCUT2D eigenvalue weighted by Crippen LogP contribution is 2.28. The maximum absolute atomic E-state index is 13.1. The van der Waals surface area contributed by atoms with Crippen LogP contribution in [0, 0.1) is 0 Å². The van der Waals surface area contributed by atoms with Crippen LogP contribution in [0.25, 0.3) is 11.3 Å². The predicted molar refractivity (Wildman–Crippen MR) is 150 cm³/mol. The molecule has 0 fully saturated rings. The fourth-order valence-electron chi connectivity index (χ4n) is 5.00. The number of rotatable bonds is 10. The van der Waals surface area contributed by atoms with Crippen LogP contribution in [0.3, 0.4) is 0 Å². The number of carbonyl (C=O) groups is 1. The second-order valence-electron chi connectivity index (χ2n) is 9.64. The Bertz CT molecular complexity index is 1430. The van der Waals surface area contributed by atoms with Gasteiger partial charge in [0.2, 0.25) is 5.88 Å². The molecule has 1 aromatic heterocycles. The maximum atomic E-state index is 13.1. The Kier molecular flexibility index (Phi) is 8.03. The largest absolute Gasteiger partial charge is 0.493 e. The standard InChI is InChI=1S/C33H33NO4/c1-36-31-16-13-23(21-32(31)37-2)17-18-38-33-12-6-11-29(34-33)27-10-5-7-24(19-27)20-30(35)28-15-14-25-8-3-4-9-26(25)22-28/h5-7,10-16,19,21-22H,3-4,8-9,17-18,20H2,1-2H3. The van der Waals surface area contributed by atoms with Crippen molar-refractivity contribution in [2.45, 2.75) is 38.5 Å². The highest BCUT2D eigenvalue weighted by atomic mass is 16.5. The number of pyridine rings is 1. The number of benzene rings is 3. The summed E-state index contributed by atoms with van der Waals surface area (Å²) in [6, 6.07) is 25.9. The van der Waals surface area contributed by atoms with Crippen LogP contribution in [0.4, 0.5) is 0 Å². The average Bonchev–Trinajstić information content (AvgIpc) is 2.97. The summed E-state index contributed by atoms with van der Waals surface area (Å²) in [5.41, 5.74) is 7.39. The molecule has 3 aromatic carbocycles. The summed E-state index contributed by atoms with van der Waals surface area (Å²) < 4.78 is 16.7. The molecule has 0 bridgehead atoms. The van der Waals surface area contributed by atoms with Crippen LogP contribution in [0.5, 0.6) is 17.4 Å². The molecule has 0 spiro atoms. The zero-order chi connectivity index (χ0) is 26.3. The van der Waals surface area contributed by atoms with Gasteiger partial charge < -0.3 is 14.2 Å². The third kappa shape index (κ3) is 6.05. The van der Waals surface area contributed by atoms with E-state index in [1.165, 1.54) is 24.0 Å². The first kappa shape index (κ1) is 25.5. The molecular formula is C33H33NO4. The number of hydrogen-bond acceptors (Lipinski definition) is 5. The predicted octanol–water partition coefficient (Wildman–Crippen LogP) is 6.69. The second kappa shape index (κ2) is 12.0. The van der Waals surface area contributed by atoms with Gasteiger partial charge in [-0.25, -0.2) is 4.98 Å². The maximum Gasteiger partial charge on any atom is 0.213 e. The normalized spacial score (nSPS) is 12.5. The number of Topliss-reactive ketones (excluding diaryl/α,β-unsaturated/α-hetero) is 1. The van der Waals surface area contributed by atoms with Crippen molar-refractivity contribution >= 4 is 5.78 Å². The molecule has 0 amide bonds. The molecule has 0 saturated heterocycles. The molecule has 0 saturated carbocycles. The Morgan fingerprint density at radius 3 is 2.45 bits per heavy atom. The molecule has 0 N–H and O–H groups in total. The van der Waals surface area contributed by atoms with Crippen LogP contribution in [-0.4, -0.2) is 31.6 Å². The van der Waals surface area contributed by atoms with Gasteiger partial charge >= 0.3 is 0 Å². The van der Waals surface area contributed by atoms with E-state index in [2.05, 4.69) is 12.1 Å². The van der Waals surface area contributed by atoms with Gasteiger partial charge in [0.05, 0.1) is 26.5 Å². The van der Waals surface area contributed by atoms with Crippen LogP contribution < -0.4 is 14.2 Å². The topological polar surface area (TPSA) is 57.7 Å². The first-order valence-electron chi connectivity index (χ1n) is 13.2. The summed E-state index contributed by atoms with van der Waals surface area (Å²) in [6.45, 7) is 0.487. The molecule has 0 aliphatic heterocycles. The van der Waals surface area contributed by atoms with E-state index in [1.54, 1.807) is 14.2 Å². The fraction of sp³-hybridized carbons (Fsp3) is 0.273. The summed E-state index contributed by atoms with van der Waals surface area (Å²) >= 11 is 0. The molecule has 1 heterocycles. The monoisotopic (exact) mass is 507 g/mol. The molecule has 0 unspecified atom stereocenters. The van der Waals surface area contributed by atoms with Crippen molar-refractivity contribution in [3.05, 3.63) is 107 Å². The Balaban J connectivity index is 1.23. The molecule has 4 aromatic rings. The molecule has 38 heavy (non-hydrogen) atoms. The summed E-state index contributed by atoms with van der Waals surface area (Å²) in [6.07, 6.45) is 5.73. The number of nitrogens with zero attached hydrogens (tertiary/aromatic N) is 1. The Morgan fingerprint density at radius 2 is 1.61 bits per heavy atom. The van der Waals surface area contributed by atoms with Gasteiger partial charge in [-0.15, -0.1) is 0 Å². The van der Waals surface area contributed by atoms with Gasteiger partial charge in [-0.3, -0.25) is 4.79 Å². The van der Waals surface area contributed by atoms with Gasteiger partial charge in [-0.2, -0.15) is 0 Å². The van der Waals surface area contributed by atoms with Crippen molar-refractivity contribution in [1.29, 1.82) is 0 Å². The van der Waals surface area contributed by atoms with Crippen molar-refractivity contribution in [1.82, 2.24) is 4.98 Å². The minimum atomic E-state index is 0.149. The highest BCUT2D eigenvalue weighted by molar-refractivity contribution is 5.97. The van der Waals surface area contributed by atoms with E-state index in [9.17, 15) is 4.79 Å². The van der Waals surface area contributed by atoms with E-state index in [0.717, 1.165) is 40.8 Å². The molecule has 5 heteroatoms. The number of aryl methyl sites for hydroxylation is 2. The van der Waals surface area contributed by atoms with E-state index < -0.39 is 0 Å². The number of carbonyl (C=O) groups excluding carboxylic acids is 1. The van der Waals surface area contributed by atoms with Crippen LogP contribution in [0.1, 0.15) is 45.5 Å². The SMILES string of the molecule is COc1ccc(CCOc2cccc(-c3cccc(CC(=O)c4ccc5c(c4)CCCC5)c3)n2)cc1OC. The van der Waals surface area contributed by atoms with Crippen molar-refractivity contribution in [3.8, 4) is 28.6 Å². The molecule has 1 aliphatic rings. The average molecular weight is 508 g/mol. The van der Waals surface area contributed by atoms with E-state index >= 15 is 0 Å². The van der Waals surface area contributed by atoms with Gasteiger partial charge in [0.1, 0.15) is 0 Å². The Morgan fingerprint density at radius 1 is 0.789 bits per heavy atom. The van der Waals surface area contributed by atoms with Gasteiger partial charge in [-0.1, -0.05) is 42.5 Å². The van der Waals surface area contributed by atoms with E-state index in [1.807, 2.05) is 66.7 Å². The Labute approximate surface area is 224 Å². The van der Waals surface area contributed by atoms with Crippen molar-refractivity contribution in [2.75, 3.05) is 20.8 Å². The quantitative estimate of drug-likeness (QED) is 0.224. The number of methoxy groups -OCH3 is 2. The minimum absolute atomic E-state index is 0.149. The molecule has 194 valence electrons. The summed E-state index contributed by atoms with van der Waals surface area (Å²) in [5.74, 6) is 2.13. The van der Waals surface area contributed by atoms with Gasteiger partial charge in [-0.05, 0) is 78.3 Å². The first-order chi connectivity index (χ1) is 18.6. The van der Waals surface area contributed by atoms with Crippen molar-refractivity contribution in [3.63, 3.8) is 0 Å². The van der Waals surface area contributed by atoms with Gasteiger partial charge in [0.25, 0.3) is 0 Å². The summed E-state index contributed by atoms with van der Waals surface area (Å²) in [7, 11) is 3.26. The van der Waals surface area contributed by atoms with Crippen LogP contribution >= 0.6 is 0 Å². The van der Waals surface area contributed by atoms with Crippen LogP contribution in [0.2, 0.25) is 0 Å². The van der Waals surface area contributed by atoms with Crippen LogP contribution in [-0.2, 0) is 25.7 Å². The zero-order valence-electron chi connectivity index (χ0n) is 22.0. The van der Waals surface area contributed by atoms with Crippen molar-refractivity contribution < 1.29 is 19.0 Å². The zero-order valence-corrected chi connectivity index (χ0v) is 22.0. The highest BCUT2D eigenvalue weighted by Gasteiger charge is 2.14. The van der Waals surface area contributed by atoms with Gasteiger partial charge in [0, 0.05) is 30.0 Å². The first-order valence-corrected chi connectivity index (χ1v) is 13.2. The van der Waals surface area contributed by atoms with E-state index in [-0.39, 0.29) is 5.78 Å². The summed E-state index contributed by atoms with van der Waals surface area (Å²) in [4.78, 5) is 17.8. The summed E-state index contributed by atoms with van der Waals surface area (Å²) in [5, 5.41) is 0. The lowest BCUT2D eigenvalue weighted by Crippen LogP contribution is -2.08. The molecular weight excluding hydrogens is 474 g/mol. The number of fused-ring (bicyclic) bond motifs is 1. The lowest BCUT2D eigenvalue weighted by molar-refractivity contribution is 0.0993. The third-order valence-corrected chi connectivity index (χ3v) is 7.07. The molecule has 5 nitrogen and oxygen atoms in total. The Hall–Kier alpha value is -4.12. The fourth-order valence-corrected chi connectivity index (χ4v) is 5.00. The lowest BCUT2D eigenvalue weighted by Gasteiger charge is -2.16. The molecule has 0 radical (unpaired) electrons. The number of ketones is 1. The van der Waals surface area contributed by atoms with Crippen molar-refractivity contribution in [2.24, 2.45) is 0 Å². The lowest BCUT2D eigenvalue weighted by atomic mass is 9.89. The van der Waals surface area contributed by atoms with Gasteiger partial charge in [0.15, 0.2) is 17.3 Å². The minimum Gasteiger partial charge on any atom is -0.493 e. The van der Waals surface area contributed by atoms with E-state index in [0.29, 0.717) is 36.8 Å². The molecule has 1 aliphatic carbocycles. The van der Waals surface area contributed by atoms with Crippen LogP contribution in [0.15, 0.2) is 78.9 Å². The second-order valence-corrected chi connectivity index (χ2v) is 9.64. The molecule has 0 atom stereocenters. The third-order valence-electron chi connectivity index (χ3n) is 7.07. The smallest absolute Gasteiger partial charge is 0.213 e.